The number of hydrogen-bond donors (Lipinski definition) is 0. The van der Waals surface area contributed by atoms with Crippen LogP contribution in [0.5, 0.6) is 0 Å². The molecule has 0 aliphatic carbocycles. The van der Waals surface area contributed by atoms with E-state index in [2.05, 4.69) is 0 Å². The number of rotatable bonds is 0. The molecule has 0 aromatic rings. The van der Waals surface area contributed by atoms with Gasteiger partial charge in [-0.05, 0) is 6.16 Å². The van der Waals surface area contributed by atoms with Crippen LogP contribution in [0.4, 0.5) is 4.79 Å². The Morgan fingerprint density at radius 2 is 1.14 bits per heavy atom. The molecule has 0 N–H and O–H groups in total. The molecule has 0 saturated carbocycles. The van der Waals surface area contributed by atoms with Crippen molar-refractivity contribution < 1.29 is 66.4 Å². The molecule has 7 heavy (non-hydrogen) atoms. The van der Waals surface area contributed by atoms with Gasteiger partial charge < -0.3 is 27.4 Å². The summed E-state index contributed by atoms with van der Waals surface area (Å²) in [6, 6.07) is 0. The standard InChI is InChI=1S/CH2O3.ClH.2Zn/c2-1(3)4;;;/h(H2,2,3,4);1H;;/q;;2*+2/p-3. The van der Waals surface area contributed by atoms with Gasteiger partial charge in [-0.3, -0.25) is 0 Å². The molecular formula is CClO3Zn2+. The van der Waals surface area contributed by atoms with Gasteiger partial charge >= 0.3 is 39.0 Å². The van der Waals surface area contributed by atoms with Crippen molar-refractivity contribution >= 4 is 6.16 Å². The monoisotopic (exact) mass is 223 g/mol. The summed E-state index contributed by atoms with van der Waals surface area (Å²) >= 11 is 0. The van der Waals surface area contributed by atoms with Crippen molar-refractivity contribution in [2.24, 2.45) is 0 Å². The fraction of sp³-hybridized carbons (Fsp3) is 0. The summed E-state index contributed by atoms with van der Waals surface area (Å²) in [5.41, 5.74) is 0. The van der Waals surface area contributed by atoms with E-state index >= 15 is 0 Å². The second-order valence-corrected chi connectivity index (χ2v) is 0.250. The third-order valence-electron chi connectivity index (χ3n) is 0. The maximum absolute atomic E-state index is 8.33. The molecule has 0 radical (unpaired) electrons. The number of carboxylic acid groups (broad SMARTS) is 2. The SMILES string of the molecule is O=C([O-])[O-].[Cl-].[Zn+2].[Zn+2]. The van der Waals surface area contributed by atoms with Crippen LogP contribution in [-0.2, 0) is 39.0 Å². The zero-order chi connectivity index (χ0) is 3.58. The van der Waals surface area contributed by atoms with Crippen molar-refractivity contribution in [2.45, 2.75) is 0 Å². The zero-order valence-electron chi connectivity index (χ0n) is 3.52. The van der Waals surface area contributed by atoms with Crippen molar-refractivity contribution in [1.82, 2.24) is 0 Å². The molecule has 0 amide bonds. The maximum atomic E-state index is 8.33. The van der Waals surface area contributed by atoms with Gasteiger partial charge in [0.25, 0.3) is 0 Å². The Balaban J connectivity index is -0.0000000150. The zero-order valence-corrected chi connectivity index (χ0v) is 10.2. The molecule has 0 aliphatic heterocycles. The first-order valence-electron chi connectivity index (χ1n) is 0.612. The fourth-order valence-corrected chi connectivity index (χ4v) is 0. The molecule has 0 fully saturated rings. The first-order valence-corrected chi connectivity index (χ1v) is 0.612. The summed E-state index contributed by atoms with van der Waals surface area (Å²) in [7, 11) is 0. The maximum Gasteiger partial charge on any atom is 2.00 e. The number of halogens is 1. The Labute approximate surface area is 72.4 Å². The van der Waals surface area contributed by atoms with E-state index in [1.165, 1.54) is 0 Å². The first-order chi connectivity index (χ1) is 1.73. The van der Waals surface area contributed by atoms with Crippen molar-refractivity contribution in [3.8, 4) is 0 Å². The molecule has 3 nitrogen and oxygen atoms in total. The third kappa shape index (κ3) is 242. The minimum absolute atomic E-state index is 0. The molecular weight excluding hydrogens is 226 g/mol. The van der Waals surface area contributed by atoms with E-state index in [9.17, 15) is 0 Å². The minimum Gasteiger partial charge on any atom is -1.00 e. The summed E-state index contributed by atoms with van der Waals surface area (Å²) in [6.07, 6.45) is -2.33. The van der Waals surface area contributed by atoms with Crippen molar-refractivity contribution in [2.75, 3.05) is 0 Å². The van der Waals surface area contributed by atoms with Crippen LogP contribution in [0.15, 0.2) is 0 Å². The predicted octanol–water partition coefficient (Wildman–Crippen LogP) is -5.45. The van der Waals surface area contributed by atoms with Gasteiger partial charge in [0.2, 0.25) is 0 Å². The van der Waals surface area contributed by atoms with Gasteiger partial charge in [0.15, 0.2) is 0 Å². The van der Waals surface area contributed by atoms with Gasteiger partial charge in [0.1, 0.15) is 0 Å². The van der Waals surface area contributed by atoms with Crippen molar-refractivity contribution in [1.29, 1.82) is 0 Å². The van der Waals surface area contributed by atoms with E-state index < -0.39 is 6.16 Å². The minimum atomic E-state index is -2.33. The van der Waals surface area contributed by atoms with Crippen LogP contribution in [0.25, 0.3) is 0 Å². The van der Waals surface area contributed by atoms with Gasteiger partial charge in [-0.25, -0.2) is 0 Å². The van der Waals surface area contributed by atoms with Crippen LogP contribution in [0.1, 0.15) is 0 Å². The molecule has 0 unspecified atom stereocenters. The van der Waals surface area contributed by atoms with Crippen LogP contribution in [0, 0.1) is 0 Å². The molecule has 0 aliphatic rings. The van der Waals surface area contributed by atoms with E-state index in [0.29, 0.717) is 0 Å². The summed E-state index contributed by atoms with van der Waals surface area (Å²) in [5.74, 6) is 0. The quantitative estimate of drug-likeness (QED) is 0.387. The van der Waals surface area contributed by atoms with Gasteiger partial charge in [0, 0.05) is 0 Å². The largest absolute Gasteiger partial charge is 2.00 e. The van der Waals surface area contributed by atoms with Crippen LogP contribution in [0.2, 0.25) is 0 Å². The van der Waals surface area contributed by atoms with Gasteiger partial charge in [-0.2, -0.15) is 0 Å². The van der Waals surface area contributed by atoms with Crippen molar-refractivity contribution in [3.63, 3.8) is 0 Å². The molecule has 0 aromatic heterocycles. The smallest absolute Gasteiger partial charge is 1.00 e. The number of carbonyl (C=O) groups excluding carboxylic acids is 1. The summed E-state index contributed by atoms with van der Waals surface area (Å²) in [4.78, 5) is 8.33. The summed E-state index contributed by atoms with van der Waals surface area (Å²) in [5, 5.41) is 16.7. The van der Waals surface area contributed by atoms with E-state index in [-0.39, 0.29) is 51.4 Å². The summed E-state index contributed by atoms with van der Waals surface area (Å²) < 4.78 is 0. The number of hydrogen-bond acceptors (Lipinski definition) is 3. The Morgan fingerprint density at radius 1 is 1.14 bits per heavy atom. The number of carbonyl (C=O) groups is 1. The molecule has 32 valence electrons. The van der Waals surface area contributed by atoms with Crippen LogP contribution < -0.4 is 22.6 Å². The molecule has 0 rings (SSSR count). The third-order valence-corrected chi connectivity index (χ3v) is 0. The van der Waals surface area contributed by atoms with E-state index in [1.54, 1.807) is 0 Å². The van der Waals surface area contributed by atoms with Crippen LogP contribution in [-0.4, -0.2) is 6.16 Å². The molecule has 0 spiro atoms. The molecule has 0 aromatic carbocycles. The first kappa shape index (κ1) is 25.0. The molecule has 0 saturated heterocycles. The molecule has 0 atom stereocenters. The van der Waals surface area contributed by atoms with Gasteiger partial charge in [-0.15, -0.1) is 0 Å². The van der Waals surface area contributed by atoms with E-state index in [4.69, 9.17) is 15.0 Å². The predicted molar refractivity (Wildman–Crippen MR) is 5.40 cm³/mol. The summed E-state index contributed by atoms with van der Waals surface area (Å²) in [6.45, 7) is 0. The Kier molecular flexibility index (Phi) is 56.5. The molecule has 0 bridgehead atoms. The Hall–Kier alpha value is 0.807. The second-order valence-electron chi connectivity index (χ2n) is 0.250. The fourth-order valence-electron chi connectivity index (χ4n) is 0. The van der Waals surface area contributed by atoms with Crippen molar-refractivity contribution in [3.05, 3.63) is 0 Å². The Bertz CT molecular complexity index is 35.9. The molecule has 6 heteroatoms. The van der Waals surface area contributed by atoms with Crippen LogP contribution in [0.3, 0.4) is 0 Å². The average Bonchev–Trinajstić information content (AvgIpc) is 0.811. The topological polar surface area (TPSA) is 63.2 Å². The van der Waals surface area contributed by atoms with Gasteiger partial charge in [0.05, 0.1) is 0 Å². The van der Waals surface area contributed by atoms with E-state index in [0.717, 1.165) is 0 Å². The Morgan fingerprint density at radius 3 is 1.14 bits per heavy atom. The van der Waals surface area contributed by atoms with Crippen LogP contribution >= 0.6 is 0 Å². The normalized spacial score (nSPS) is 3.43. The van der Waals surface area contributed by atoms with E-state index in [1.807, 2.05) is 0 Å². The average molecular weight is 226 g/mol. The van der Waals surface area contributed by atoms with Gasteiger partial charge in [-0.1, -0.05) is 0 Å². The molecule has 0 heterocycles. The second kappa shape index (κ2) is 15.8.